The molecule has 8 nitrogen and oxygen atoms in total. The maximum Gasteiger partial charge on any atom is 0.136 e. The number of rotatable bonds is 2. The highest BCUT2D eigenvalue weighted by Crippen LogP contribution is 2.46. The zero-order valence-electron chi connectivity index (χ0n) is 32.6. The molecule has 4 unspecified atom stereocenters. The predicted octanol–water partition coefficient (Wildman–Crippen LogP) is 9.43. The molecule has 2 spiro atoms. The number of pyridine rings is 2. The van der Waals surface area contributed by atoms with Gasteiger partial charge in [-0.2, -0.15) is 0 Å². The minimum absolute atomic E-state index is 0.0199. The third-order valence-corrected chi connectivity index (χ3v) is 14.2. The molecule has 6 aliphatic rings. The number of fused-ring (bicyclic) bond motifs is 6. The maximum atomic E-state index is 6.67. The van der Waals surface area contributed by atoms with Crippen molar-refractivity contribution in [1.82, 2.24) is 28.6 Å². The largest absolute Gasteiger partial charge is 0.487 e. The molecular weight excluding hydrogens is 693 g/mol. The summed E-state index contributed by atoms with van der Waals surface area (Å²) in [6.07, 6.45) is 29.7. The molecule has 56 heavy (non-hydrogen) atoms. The lowest BCUT2D eigenvalue weighted by Gasteiger charge is -2.37. The van der Waals surface area contributed by atoms with Gasteiger partial charge in [-0.25, -0.2) is 9.97 Å². The van der Waals surface area contributed by atoms with Crippen LogP contribution in [-0.4, -0.2) is 78.0 Å². The second kappa shape index (κ2) is 14.1. The third kappa shape index (κ3) is 6.48. The Hall–Kier alpha value is -4.66. The van der Waals surface area contributed by atoms with Crippen LogP contribution in [-0.2, 0) is 12.8 Å². The fraction of sp³-hybridized carbons (Fsp3) is 0.458. The molecule has 4 saturated heterocycles. The van der Waals surface area contributed by atoms with Crippen LogP contribution >= 0.6 is 0 Å². The molecular formula is C48H54N6O2. The summed E-state index contributed by atoms with van der Waals surface area (Å²) >= 11 is 0. The predicted molar refractivity (Wildman–Crippen MR) is 222 cm³/mol. The van der Waals surface area contributed by atoms with Crippen molar-refractivity contribution in [2.45, 2.75) is 113 Å². The SMILES string of the molecule is c1cn2cc(-c3ccc4c(c3)CC3(CCC5CCCCN5CC3)O4)ccc2n1.c1cn2cc(-c3ccc4c(c3)CC3(CCCN5CCCCC5C3)O4)ccc2n1. The Morgan fingerprint density at radius 2 is 1.09 bits per heavy atom. The van der Waals surface area contributed by atoms with Crippen LogP contribution < -0.4 is 9.47 Å². The summed E-state index contributed by atoms with van der Waals surface area (Å²) in [4.78, 5) is 14.2. The summed E-state index contributed by atoms with van der Waals surface area (Å²) in [5.41, 5.74) is 9.77. The van der Waals surface area contributed by atoms with E-state index in [-0.39, 0.29) is 11.2 Å². The van der Waals surface area contributed by atoms with Crippen molar-refractivity contribution in [1.29, 1.82) is 0 Å². The summed E-state index contributed by atoms with van der Waals surface area (Å²) in [5, 5.41) is 0. The van der Waals surface area contributed by atoms with E-state index in [0.29, 0.717) is 6.04 Å². The summed E-state index contributed by atoms with van der Waals surface area (Å²) < 4.78 is 17.5. The zero-order chi connectivity index (χ0) is 37.1. The van der Waals surface area contributed by atoms with Gasteiger partial charge < -0.3 is 28.1 Å². The molecule has 2 aromatic carbocycles. The van der Waals surface area contributed by atoms with Gasteiger partial charge in [0.2, 0.25) is 0 Å². The van der Waals surface area contributed by atoms with Gasteiger partial charge in [0.05, 0.1) is 0 Å². The van der Waals surface area contributed by atoms with Crippen LogP contribution in [0.2, 0.25) is 0 Å². The van der Waals surface area contributed by atoms with Crippen molar-refractivity contribution < 1.29 is 9.47 Å². The van der Waals surface area contributed by atoms with Gasteiger partial charge in [0.25, 0.3) is 0 Å². The fourth-order valence-corrected chi connectivity index (χ4v) is 11.2. The van der Waals surface area contributed by atoms with Crippen LogP contribution in [0.3, 0.4) is 0 Å². The van der Waals surface area contributed by atoms with Crippen LogP contribution in [0.1, 0.15) is 88.2 Å². The second-order valence-electron chi connectivity index (χ2n) is 17.8. The van der Waals surface area contributed by atoms with Crippen molar-refractivity contribution in [3.05, 3.63) is 109 Å². The summed E-state index contributed by atoms with van der Waals surface area (Å²) in [5.74, 6) is 2.21. The standard InChI is InChI=1S/2C24H27N3O/c1-2-11-26-12-3-9-24(16-21(26)4-1)15-20-14-18(5-7-22(20)28-24)19-6-8-23-25-10-13-27(23)17-19;1-2-12-26-13-10-24(9-8-21(26)3-1)16-20-15-18(4-6-22(20)28-24)19-5-7-23-25-11-14-27(23)17-19/h5-8,10,13-14,17,21H,1-4,9,11-12,15-16H2;4-7,11,14-15,17,21H,1-3,8-10,12-13,16H2. The van der Waals surface area contributed by atoms with Gasteiger partial charge >= 0.3 is 0 Å². The molecule has 12 rings (SSSR count). The number of ether oxygens (including phenoxy) is 2. The first kappa shape index (κ1) is 34.6. The van der Waals surface area contributed by atoms with Gasteiger partial charge in [-0.1, -0.05) is 25.0 Å². The quantitative estimate of drug-likeness (QED) is 0.176. The van der Waals surface area contributed by atoms with Gasteiger partial charge in [0.1, 0.15) is 34.0 Å². The van der Waals surface area contributed by atoms with Crippen LogP contribution in [0.25, 0.3) is 33.5 Å². The normalized spacial score (nSPS) is 27.4. The summed E-state index contributed by atoms with van der Waals surface area (Å²) in [7, 11) is 0. The van der Waals surface area contributed by atoms with Gasteiger partial charge in [0.15, 0.2) is 0 Å². The van der Waals surface area contributed by atoms with E-state index >= 15 is 0 Å². The first-order valence-electron chi connectivity index (χ1n) is 21.5. The lowest BCUT2D eigenvalue weighted by atomic mass is 9.85. The van der Waals surface area contributed by atoms with Gasteiger partial charge in [-0.05, 0) is 153 Å². The molecule has 4 atom stereocenters. The zero-order valence-corrected chi connectivity index (χ0v) is 32.6. The number of benzene rings is 2. The molecule has 0 saturated carbocycles. The highest BCUT2D eigenvalue weighted by Gasteiger charge is 2.45. The minimum Gasteiger partial charge on any atom is -0.487 e. The number of hydrogen-bond donors (Lipinski definition) is 0. The van der Waals surface area contributed by atoms with E-state index in [1.165, 1.54) is 130 Å². The monoisotopic (exact) mass is 746 g/mol. The van der Waals surface area contributed by atoms with E-state index in [1.54, 1.807) is 0 Å². The van der Waals surface area contributed by atoms with E-state index in [0.717, 1.165) is 48.1 Å². The van der Waals surface area contributed by atoms with E-state index in [1.807, 2.05) is 24.8 Å². The maximum absolute atomic E-state index is 6.67. The Labute approximate surface area is 330 Å². The average molecular weight is 747 g/mol. The minimum atomic E-state index is 0.0199. The lowest BCUT2D eigenvalue weighted by Crippen LogP contribution is -2.44. The van der Waals surface area contributed by atoms with E-state index in [2.05, 4.69) is 102 Å². The van der Waals surface area contributed by atoms with E-state index in [9.17, 15) is 0 Å². The van der Waals surface area contributed by atoms with Crippen molar-refractivity contribution in [2.24, 2.45) is 0 Å². The molecule has 0 aliphatic carbocycles. The molecule has 0 bridgehead atoms. The Bertz CT molecular complexity index is 2360. The van der Waals surface area contributed by atoms with Gasteiger partial charge in [-0.15, -0.1) is 0 Å². The first-order chi connectivity index (χ1) is 27.6. The van der Waals surface area contributed by atoms with Crippen molar-refractivity contribution in [3.8, 4) is 33.8 Å². The van der Waals surface area contributed by atoms with Crippen molar-refractivity contribution in [2.75, 3.05) is 26.2 Å². The molecule has 0 radical (unpaired) electrons. The first-order valence-corrected chi connectivity index (χ1v) is 21.5. The number of nitrogens with zero attached hydrogens (tertiary/aromatic N) is 6. The fourth-order valence-electron chi connectivity index (χ4n) is 11.2. The van der Waals surface area contributed by atoms with Gasteiger partial charge in [0, 0.05) is 81.5 Å². The molecule has 6 aliphatic heterocycles. The molecule has 10 heterocycles. The van der Waals surface area contributed by atoms with Crippen LogP contribution in [0.4, 0.5) is 0 Å². The summed E-state index contributed by atoms with van der Waals surface area (Å²) in [6.45, 7) is 5.02. The molecule has 0 N–H and O–H groups in total. The molecule has 8 heteroatoms. The number of imidazole rings is 2. The van der Waals surface area contributed by atoms with Crippen LogP contribution in [0, 0.1) is 0 Å². The molecule has 288 valence electrons. The molecule has 4 fully saturated rings. The smallest absolute Gasteiger partial charge is 0.136 e. The van der Waals surface area contributed by atoms with E-state index < -0.39 is 0 Å². The molecule has 0 amide bonds. The lowest BCUT2D eigenvalue weighted by molar-refractivity contribution is 0.0496. The van der Waals surface area contributed by atoms with Crippen molar-refractivity contribution >= 4 is 11.3 Å². The average Bonchev–Trinajstić information content (AvgIpc) is 4.00. The Balaban J connectivity index is 0.000000130. The number of aromatic nitrogens is 4. The second-order valence-corrected chi connectivity index (χ2v) is 17.8. The van der Waals surface area contributed by atoms with Gasteiger partial charge in [-0.3, -0.25) is 0 Å². The number of piperidine rings is 2. The number of hydrogen-bond acceptors (Lipinski definition) is 6. The van der Waals surface area contributed by atoms with Crippen molar-refractivity contribution in [3.63, 3.8) is 0 Å². The van der Waals surface area contributed by atoms with Crippen LogP contribution in [0.5, 0.6) is 11.5 Å². The van der Waals surface area contributed by atoms with E-state index in [4.69, 9.17) is 9.47 Å². The third-order valence-electron chi connectivity index (χ3n) is 14.2. The highest BCUT2D eigenvalue weighted by molar-refractivity contribution is 5.68. The Kier molecular flexibility index (Phi) is 8.69. The summed E-state index contributed by atoms with van der Waals surface area (Å²) in [6, 6.07) is 23.5. The van der Waals surface area contributed by atoms with Crippen LogP contribution in [0.15, 0.2) is 97.8 Å². The highest BCUT2D eigenvalue weighted by atomic mass is 16.5. The molecule has 4 aromatic heterocycles. The topological polar surface area (TPSA) is 59.5 Å². The Morgan fingerprint density at radius 1 is 0.518 bits per heavy atom. The molecule has 6 aromatic rings. The Morgan fingerprint density at radius 3 is 1.77 bits per heavy atom.